The van der Waals surface area contributed by atoms with Crippen LogP contribution in [0.5, 0.6) is 5.75 Å². The van der Waals surface area contributed by atoms with Crippen LogP contribution in [0.1, 0.15) is 12.8 Å². The number of halogens is 3. The molecule has 0 amide bonds. The van der Waals surface area contributed by atoms with Crippen molar-refractivity contribution in [3.63, 3.8) is 0 Å². The molecule has 0 saturated heterocycles. The first-order valence-corrected chi connectivity index (χ1v) is 12.9. The molecule has 0 saturated carbocycles. The van der Waals surface area contributed by atoms with Crippen molar-refractivity contribution in [2.45, 2.75) is 24.1 Å². The van der Waals surface area contributed by atoms with Crippen molar-refractivity contribution in [2.75, 3.05) is 9.62 Å². The Labute approximate surface area is 220 Å². The Morgan fingerprint density at radius 1 is 1.10 bits per heavy atom. The molecule has 14 heteroatoms. The van der Waals surface area contributed by atoms with Gasteiger partial charge in [0, 0.05) is 17.3 Å². The van der Waals surface area contributed by atoms with Crippen LogP contribution in [-0.4, -0.2) is 30.0 Å². The summed E-state index contributed by atoms with van der Waals surface area (Å²) in [4.78, 5) is 5.80. The highest BCUT2D eigenvalue weighted by Gasteiger charge is 2.32. The maximum atomic E-state index is 13.1. The molecule has 0 radical (unpaired) electrons. The van der Waals surface area contributed by atoms with E-state index in [9.17, 15) is 21.6 Å². The van der Waals surface area contributed by atoms with Crippen LogP contribution < -0.4 is 14.4 Å². The highest BCUT2D eigenvalue weighted by molar-refractivity contribution is 7.92. The molecule has 2 aliphatic rings. The van der Waals surface area contributed by atoms with E-state index in [4.69, 9.17) is 9.47 Å². The van der Waals surface area contributed by atoms with Crippen LogP contribution in [-0.2, 0) is 19.5 Å². The van der Waals surface area contributed by atoms with E-state index in [0.29, 0.717) is 17.9 Å². The number of anilines is 2. The SMILES string of the molecule is O=S(=O)(Nc1ccccc1-c1nc(N(C2=CC=CCC2)C2=COC=CO2)n[nH]1)c1cccc(OC(F)(F)F)c1. The van der Waals surface area contributed by atoms with Crippen LogP contribution in [0.25, 0.3) is 11.4 Å². The van der Waals surface area contributed by atoms with E-state index >= 15 is 0 Å². The van der Waals surface area contributed by atoms with Crippen molar-refractivity contribution in [3.8, 4) is 17.1 Å². The predicted molar refractivity (Wildman–Crippen MR) is 134 cm³/mol. The van der Waals surface area contributed by atoms with E-state index in [0.717, 1.165) is 36.4 Å². The molecule has 2 aromatic carbocycles. The summed E-state index contributed by atoms with van der Waals surface area (Å²) in [6.45, 7) is 0. The Hall–Kier alpha value is -4.72. The molecule has 0 bridgehead atoms. The molecular weight excluding hydrogens is 539 g/mol. The van der Waals surface area contributed by atoms with Gasteiger partial charge in [0.05, 0.1) is 10.6 Å². The fraction of sp³-hybridized carbons (Fsp3) is 0.120. The summed E-state index contributed by atoms with van der Waals surface area (Å²) < 4.78 is 81.1. The first-order valence-electron chi connectivity index (χ1n) is 11.4. The minimum absolute atomic E-state index is 0.119. The number of nitrogens with zero attached hydrogens (tertiary/aromatic N) is 3. The van der Waals surface area contributed by atoms with Gasteiger partial charge in [-0.25, -0.2) is 13.3 Å². The normalized spacial score (nSPS) is 15.1. The van der Waals surface area contributed by atoms with Crippen LogP contribution >= 0.6 is 0 Å². The number of hydrogen-bond donors (Lipinski definition) is 2. The molecule has 5 rings (SSSR count). The molecule has 0 atom stereocenters. The van der Waals surface area contributed by atoms with Gasteiger partial charge in [-0.15, -0.1) is 18.3 Å². The Bertz CT molecular complexity index is 1600. The Morgan fingerprint density at radius 3 is 2.69 bits per heavy atom. The summed E-state index contributed by atoms with van der Waals surface area (Å²) in [6.07, 6.45) is 6.45. The van der Waals surface area contributed by atoms with Gasteiger partial charge in [-0.3, -0.25) is 9.82 Å². The van der Waals surface area contributed by atoms with Crippen molar-refractivity contribution in [2.24, 2.45) is 0 Å². The fourth-order valence-electron chi connectivity index (χ4n) is 3.80. The van der Waals surface area contributed by atoms with Crippen LogP contribution in [0.3, 0.4) is 0 Å². The number of alkyl halides is 3. The smallest absolute Gasteiger partial charge is 0.464 e. The lowest BCUT2D eigenvalue weighted by Gasteiger charge is -2.26. The lowest BCUT2D eigenvalue weighted by atomic mass is 10.1. The number of para-hydroxylation sites is 1. The van der Waals surface area contributed by atoms with E-state index in [1.165, 1.54) is 24.9 Å². The lowest BCUT2D eigenvalue weighted by molar-refractivity contribution is -0.274. The average Bonchev–Trinajstić information content (AvgIpc) is 3.39. The second-order valence-electron chi connectivity index (χ2n) is 8.10. The van der Waals surface area contributed by atoms with Crippen molar-refractivity contribution in [3.05, 3.63) is 97.1 Å². The first kappa shape index (κ1) is 25.9. The minimum Gasteiger partial charge on any atom is -0.464 e. The number of aromatic nitrogens is 3. The molecular formula is C25H20F3N5O5S. The van der Waals surface area contributed by atoms with Crippen LogP contribution in [0.2, 0.25) is 0 Å². The zero-order valence-electron chi connectivity index (χ0n) is 19.9. The van der Waals surface area contributed by atoms with E-state index in [1.807, 2.05) is 18.2 Å². The highest BCUT2D eigenvalue weighted by atomic mass is 32.2. The Morgan fingerprint density at radius 2 is 1.95 bits per heavy atom. The number of ether oxygens (including phenoxy) is 3. The van der Waals surface area contributed by atoms with Crippen molar-refractivity contribution >= 4 is 21.7 Å². The molecule has 1 aliphatic heterocycles. The second-order valence-corrected chi connectivity index (χ2v) is 9.78. The van der Waals surface area contributed by atoms with Gasteiger partial charge in [-0.05, 0) is 43.2 Å². The lowest BCUT2D eigenvalue weighted by Crippen LogP contribution is -2.25. The van der Waals surface area contributed by atoms with E-state index in [1.54, 1.807) is 23.1 Å². The number of rotatable bonds is 8. The maximum Gasteiger partial charge on any atom is 0.573 e. The van der Waals surface area contributed by atoms with Gasteiger partial charge in [0.15, 0.2) is 12.1 Å². The zero-order valence-corrected chi connectivity index (χ0v) is 20.7. The van der Waals surface area contributed by atoms with Gasteiger partial charge in [0.1, 0.15) is 18.3 Å². The van der Waals surface area contributed by atoms with E-state index in [-0.39, 0.29) is 17.5 Å². The third kappa shape index (κ3) is 6.06. The van der Waals surface area contributed by atoms with Crippen LogP contribution in [0.15, 0.2) is 102 Å². The molecule has 10 nitrogen and oxygen atoms in total. The van der Waals surface area contributed by atoms with Crippen molar-refractivity contribution in [1.29, 1.82) is 0 Å². The van der Waals surface area contributed by atoms with Gasteiger partial charge < -0.3 is 14.2 Å². The van der Waals surface area contributed by atoms with E-state index < -0.39 is 27.0 Å². The van der Waals surface area contributed by atoms with E-state index in [2.05, 4.69) is 24.6 Å². The molecule has 2 N–H and O–H groups in total. The van der Waals surface area contributed by atoms with Gasteiger partial charge in [0.2, 0.25) is 5.88 Å². The number of nitrogens with one attached hydrogen (secondary N) is 2. The van der Waals surface area contributed by atoms with Crippen molar-refractivity contribution in [1.82, 2.24) is 15.2 Å². The Balaban J connectivity index is 1.45. The maximum absolute atomic E-state index is 13.1. The topological polar surface area (TPSA) is 119 Å². The third-order valence-electron chi connectivity index (χ3n) is 5.44. The molecule has 39 heavy (non-hydrogen) atoms. The second kappa shape index (κ2) is 10.6. The first-order chi connectivity index (χ1) is 18.7. The zero-order chi connectivity index (χ0) is 27.5. The number of aromatic amines is 1. The van der Waals surface area contributed by atoms with Crippen molar-refractivity contribution < 1.29 is 35.8 Å². The monoisotopic (exact) mass is 559 g/mol. The quantitative estimate of drug-likeness (QED) is 0.370. The predicted octanol–water partition coefficient (Wildman–Crippen LogP) is 5.53. The standard InChI is InChI=1S/C25H20F3N5O5S/c26-25(27,28)38-18-9-6-10-19(15-18)39(34,35)32-21-12-5-4-11-20(21)23-29-24(31-30-23)33(17-7-2-1-3-8-17)22-16-36-13-14-37-22/h1-2,4-7,9-16,32H,3,8H2,(H,29,30,31). The highest BCUT2D eigenvalue weighted by Crippen LogP contribution is 2.33. The Kier molecular flexibility index (Phi) is 7.02. The number of H-pyrrole nitrogens is 1. The molecule has 0 spiro atoms. The molecule has 2 heterocycles. The molecule has 0 fully saturated rings. The number of benzene rings is 2. The van der Waals surface area contributed by atoms with Crippen LogP contribution in [0, 0.1) is 0 Å². The summed E-state index contributed by atoms with van der Waals surface area (Å²) in [5.41, 5.74) is 1.30. The molecule has 1 aromatic heterocycles. The number of hydrogen-bond acceptors (Lipinski definition) is 8. The average molecular weight is 560 g/mol. The van der Waals surface area contributed by atoms with Crippen LogP contribution in [0.4, 0.5) is 24.8 Å². The van der Waals surface area contributed by atoms with Gasteiger partial charge in [0.25, 0.3) is 16.0 Å². The summed E-state index contributed by atoms with van der Waals surface area (Å²) in [7, 11) is -4.31. The van der Waals surface area contributed by atoms with Gasteiger partial charge >= 0.3 is 6.36 Å². The number of sulfonamides is 1. The largest absolute Gasteiger partial charge is 0.573 e. The number of allylic oxidation sites excluding steroid dienone is 4. The molecule has 1 aliphatic carbocycles. The summed E-state index contributed by atoms with van der Waals surface area (Å²) in [5, 5.41) is 7.12. The minimum atomic E-state index is -4.97. The fourth-order valence-corrected chi connectivity index (χ4v) is 4.91. The summed E-state index contributed by atoms with van der Waals surface area (Å²) in [6, 6.07) is 10.5. The third-order valence-corrected chi connectivity index (χ3v) is 6.80. The molecule has 202 valence electrons. The van der Waals surface area contributed by atoms with Gasteiger partial charge in [-0.2, -0.15) is 4.98 Å². The molecule has 0 unspecified atom stereocenters. The van der Waals surface area contributed by atoms with Gasteiger partial charge in [-0.1, -0.05) is 30.4 Å². The molecule has 3 aromatic rings. The summed E-state index contributed by atoms with van der Waals surface area (Å²) in [5.74, 6) is 0.0942. The summed E-state index contributed by atoms with van der Waals surface area (Å²) >= 11 is 0.